The third-order valence-corrected chi connectivity index (χ3v) is 2.75. The van der Waals surface area contributed by atoms with Crippen molar-refractivity contribution in [1.82, 2.24) is 9.80 Å². The Morgan fingerprint density at radius 3 is 2.56 bits per heavy atom. The van der Waals surface area contributed by atoms with Crippen molar-refractivity contribution in [3.05, 3.63) is 29.8 Å². The van der Waals surface area contributed by atoms with Crippen LogP contribution in [0.2, 0.25) is 0 Å². The number of urea groups is 1. The van der Waals surface area contributed by atoms with Crippen molar-refractivity contribution in [2.24, 2.45) is 0 Å². The molecule has 0 aromatic heterocycles. The minimum Gasteiger partial charge on any atom is -0.507 e. The smallest absolute Gasteiger partial charge is 0.334 e. The largest absolute Gasteiger partial charge is 0.507 e. The van der Waals surface area contributed by atoms with Crippen LogP contribution < -0.4 is 0 Å². The van der Waals surface area contributed by atoms with Crippen molar-refractivity contribution >= 4 is 17.8 Å². The van der Waals surface area contributed by atoms with E-state index in [4.69, 9.17) is 0 Å². The van der Waals surface area contributed by atoms with Gasteiger partial charge in [-0.1, -0.05) is 12.1 Å². The van der Waals surface area contributed by atoms with E-state index in [-0.39, 0.29) is 24.4 Å². The zero-order valence-electron chi connectivity index (χ0n) is 9.79. The van der Waals surface area contributed by atoms with Crippen LogP contribution in [-0.4, -0.2) is 45.8 Å². The van der Waals surface area contributed by atoms with Crippen LogP contribution in [0.3, 0.4) is 0 Å². The average molecular weight is 248 g/mol. The van der Waals surface area contributed by atoms with Crippen molar-refractivity contribution in [2.75, 3.05) is 13.1 Å². The predicted octanol–water partition coefficient (Wildman–Crippen LogP) is 0.817. The van der Waals surface area contributed by atoms with E-state index in [0.717, 1.165) is 9.80 Å². The van der Waals surface area contributed by atoms with Gasteiger partial charge in [-0.15, -0.1) is 0 Å². The summed E-state index contributed by atoms with van der Waals surface area (Å²) in [4.78, 5) is 37.2. The molecule has 0 aliphatic carbocycles. The number of hydrogen-bond acceptors (Lipinski definition) is 4. The molecule has 0 bridgehead atoms. The van der Waals surface area contributed by atoms with Crippen molar-refractivity contribution in [1.29, 1.82) is 0 Å². The van der Waals surface area contributed by atoms with Crippen LogP contribution in [0.5, 0.6) is 5.75 Å². The summed E-state index contributed by atoms with van der Waals surface area (Å²) in [5, 5.41) is 9.56. The van der Waals surface area contributed by atoms with E-state index in [0.29, 0.717) is 0 Å². The van der Waals surface area contributed by atoms with Gasteiger partial charge in [0, 0.05) is 6.54 Å². The number of carbonyl (C=O) groups excluding carboxylic acids is 3. The van der Waals surface area contributed by atoms with E-state index in [9.17, 15) is 19.5 Å². The SMILES string of the molecule is CCN1C(=O)CN(C(=O)c2ccccc2O)C1=O. The van der Waals surface area contributed by atoms with Crippen LogP contribution in [0, 0.1) is 0 Å². The van der Waals surface area contributed by atoms with Gasteiger partial charge in [-0.25, -0.2) is 4.79 Å². The van der Waals surface area contributed by atoms with Crippen LogP contribution in [-0.2, 0) is 4.79 Å². The predicted molar refractivity (Wildman–Crippen MR) is 61.9 cm³/mol. The molecule has 0 unspecified atom stereocenters. The number of imide groups is 2. The molecule has 4 amide bonds. The molecule has 1 heterocycles. The van der Waals surface area contributed by atoms with Crippen molar-refractivity contribution < 1.29 is 19.5 Å². The number of rotatable bonds is 2. The fraction of sp³-hybridized carbons (Fsp3) is 0.250. The summed E-state index contributed by atoms with van der Waals surface area (Å²) in [5.41, 5.74) is 0.0107. The lowest BCUT2D eigenvalue weighted by molar-refractivity contribution is -0.125. The Labute approximate surface area is 103 Å². The Balaban J connectivity index is 2.29. The Kier molecular flexibility index (Phi) is 3.01. The van der Waals surface area contributed by atoms with Crippen LogP contribution in [0.25, 0.3) is 0 Å². The molecule has 0 atom stereocenters. The molecule has 1 N–H and O–H groups in total. The number of hydrogen-bond donors (Lipinski definition) is 1. The monoisotopic (exact) mass is 248 g/mol. The summed E-state index contributed by atoms with van der Waals surface area (Å²) in [5.74, 6) is -1.29. The van der Waals surface area contributed by atoms with Crippen molar-refractivity contribution in [3.8, 4) is 5.75 Å². The Morgan fingerprint density at radius 1 is 1.33 bits per heavy atom. The van der Waals surface area contributed by atoms with Gasteiger partial charge >= 0.3 is 6.03 Å². The lowest BCUT2D eigenvalue weighted by Crippen LogP contribution is -2.36. The molecule has 2 rings (SSSR count). The van der Waals surface area contributed by atoms with Gasteiger partial charge in [-0.2, -0.15) is 0 Å². The fourth-order valence-electron chi connectivity index (χ4n) is 1.81. The number of carbonyl (C=O) groups is 3. The summed E-state index contributed by atoms with van der Waals surface area (Å²) in [6.45, 7) is 1.60. The Bertz CT molecular complexity index is 527. The molecule has 94 valence electrons. The highest BCUT2D eigenvalue weighted by atomic mass is 16.3. The van der Waals surface area contributed by atoms with E-state index < -0.39 is 17.8 Å². The van der Waals surface area contributed by atoms with Gasteiger partial charge in [0.2, 0.25) is 0 Å². The summed E-state index contributed by atoms with van der Waals surface area (Å²) in [6.07, 6.45) is 0. The number of aromatic hydroxyl groups is 1. The molecule has 0 saturated carbocycles. The second-order valence-corrected chi connectivity index (χ2v) is 3.83. The third-order valence-electron chi connectivity index (χ3n) is 2.75. The molecule has 18 heavy (non-hydrogen) atoms. The zero-order valence-corrected chi connectivity index (χ0v) is 9.79. The lowest BCUT2D eigenvalue weighted by Gasteiger charge is -2.14. The van der Waals surface area contributed by atoms with E-state index in [1.54, 1.807) is 19.1 Å². The van der Waals surface area contributed by atoms with Gasteiger partial charge in [-0.05, 0) is 19.1 Å². The minimum absolute atomic E-state index is 0.0107. The molecule has 1 saturated heterocycles. The summed E-state index contributed by atoms with van der Waals surface area (Å²) >= 11 is 0. The molecule has 1 aromatic carbocycles. The van der Waals surface area contributed by atoms with Crippen LogP contribution in [0.4, 0.5) is 4.79 Å². The number of amides is 4. The van der Waals surface area contributed by atoms with Crippen molar-refractivity contribution in [3.63, 3.8) is 0 Å². The first-order valence-corrected chi connectivity index (χ1v) is 5.50. The van der Waals surface area contributed by atoms with E-state index in [2.05, 4.69) is 0 Å². The van der Waals surface area contributed by atoms with Crippen LogP contribution in [0.15, 0.2) is 24.3 Å². The summed E-state index contributed by atoms with van der Waals surface area (Å²) in [7, 11) is 0. The molecule has 6 nitrogen and oxygen atoms in total. The molecule has 1 aromatic rings. The maximum absolute atomic E-state index is 12.1. The second kappa shape index (κ2) is 4.48. The number of likely N-dealkylation sites (N-methyl/N-ethyl adjacent to an activating group) is 1. The highest BCUT2D eigenvalue weighted by molar-refractivity contribution is 6.14. The minimum atomic E-state index is -0.664. The van der Waals surface area contributed by atoms with Gasteiger partial charge in [0.25, 0.3) is 11.8 Å². The number of nitrogens with zero attached hydrogens (tertiary/aromatic N) is 2. The summed E-state index contributed by atoms with van der Waals surface area (Å²) in [6, 6.07) is 5.27. The van der Waals surface area contributed by atoms with E-state index in [1.807, 2.05) is 0 Å². The second-order valence-electron chi connectivity index (χ2n) is 3.83. The average Bonchev–Trinajstić information content (AvgIpc) is 2.64. The Morgan fingerprint density at radius 2 is 2.00 bits per heavy atom. The molecule has 1 fully saturated rings. The first-order valence-electron chi connectivity index (χ1n) is 5.50. The normalized spacial score (nSPS) is 15.4. The highest BCUT2D eigenvalue weighted by Crippen LogP contribution is 2.20. The number of phenols is 1. The number of benzene rings is 1. The van der Waals surface area contributed by atoms with Crippen LogP contribution in [0.1, 0.15) is 17.3 Å². The zero-order chi connectivity index (χ0) is 13.3. The van der Waals surface area contributed by atoms with Gasteiger partial charge in [0.1, 0.15) is 12.3 Å². The highest BCUT2D eigenvalue weighted by Gasteiger charge is 2.39. The Hall–Kier alpha value is -2.37. The van der Waals surface area contributed by atoms with Gasteiger partial charge < -0.3 is 5.11 Å². The molecule has 6 heteroatoms. The van der Waals surface area contributed by atoms with Gasteiger partial charge in [-0.3, -0.25) is 19.4 Å². The first-order chi connectivity index (χ1) is 8.56. The maximum Gasteiger partial charge on any atom is 0.334 e. The number of para-hydroxylation sites is 1. The molecule has 0 radical (unpaired) electrons. The van der Waals surface area contributed by atoms with Crippen LogP contribution >= 0.6 is 0 Å². The summed E-state index contributed by atoms with van der Waals surface area (Å²) < 4.78 is 0. The first kappa shape index (κ1) is 12.1. The van der Waals surface area contributed by atoms with E-state index >= 15 is 0 Å². The quantitative estimate of drug-likeness (QED) is 0.786. The van der Waals surface area contributed by atoms with Gasteiger partial charge in [0.05, 0.1) is 5.56 Å². The molecule has 1 aliphatic rings. The lowest BCUT2D eigenvalue weighted by atomic mass is 10.2. The molecule has 1 aliphatic heterocycles. The number of phenolic OH excluding ortho intramolecular Hbond substituents is 1. The molecular weight excluding hydrogens is 236 g/mol. The van der Waals surface area contributed by atoms with Gasteiger partial charge in [0.15, 0.2) is 0 Å². The maximum atomic E-state index is 12.1. The standard InChI is InChI=1S/C12H12N2O4/c1-2-13-10(16)7-14(12(13)18)11(17)8-5-3-4-6-9(8)15/h3-6,15H,2,7H2,1H3. The molecule has 0 spiro atoms. The third kappa shape index (κ3) is 1.81. The van der Waals surface area contributed by atoms with E-state index in [1.165, 1.54) is 12.1 Å². The van der Waals surface area contributed by atoms with Crippen molar-refractivity contribution in [2.45, 2.75) is 6.92 Å². The molecular formula is C12H12N2O4. The fourth-order valence-corrected chi connectivity index (χ4v) is 1.81. The topological polar surface area (TPSA) is 77.9 Å².